The van der Waals surface area contributed by atoms with Crippen LogP contribution in [0.1, 0.15) is 57.5 Å². The largest absolute Gasteiger partial charge is 2.00 e. The van der Waals surface area contributed by atoms with Crippen LogP contribution >= 0.6 is 0 Å². The van der Waals surface area contributed by atoms with Crippen LogP contribution in [0.5, 0.6) is 0 Å². The molecule has 0 aliphatic carbocycles. The third kappa shape index (κ3) is 5.11. The summed E-state index contributed by atoms with van der Waals surface area (Å²) in [6.07, 6.45) is -2.07. The fourth-order valence-electron chi connectivity index (χ4n) is 3.14. The van der Waals surface area contributed by atoms with Crippen molar-refractivity contribution in [2.75, 3.05) is 0 Å². The number of alkyl halides is 3. The van der Waals surface area contributed by atoms with E-state index in [9.17, 15) is 13.2 Å². The van der Waals surface area contributed by atoms with Gasteiger partial charge < -0.3 is 14.8 Å². The van der Waals surface area contributed by atoms with Gasteiger partial charge in [-0.15, -0.1) is 6.07 Å². The molecule has 0 unspecified atom stereocenters. The summed E-state index contributed by atoms with van der Waals surface area (Å²) in [5, 5.41) is 11.9. The van der Waals surface area contributed by atoms with E-state index in [4.69, 9.17) is 4.98 Å². The summed E-state index contributed by atoms with van der Waals surface area (Å²) in [7, 11) is 0. The van der Waals surface area contributed by atoms with Gasteiger partial charge in [0.05, 0.1) is 22.9 Å². The molecule has 0 spiro atoms. The molecule has 0 aliphatic rings. The molecule has 4 aromatic rings. The second-order valence-electron chi connectivity index (χ2n) is 9.19. The van der Waals surface area contributed by atoms with Gasteiger partial charge in [0.2, 0.25) is 0 Å². The Hall–Kier alpha value is -2.87. The summed E-state index contributed by atoms with van der Waals surface area (Å²) in [5.41, 5.74) is -0.0385. The molecule has 4 heterocycles. The Bertz CT molecular complexity index is 1190. The van der Waals surface area contributed by atoms with Crippen LogP contribution in [0.3, 0.4) is 0 Å². The molecule has 7 nitrogen and oxygen atoms in total. The molecule has 0 amide bonds. The van der Waals surface area contributed by atoms with Gasteiger partial charge in [-0.25, -0.2) is 0 Å². The number of rotatable bonds is 4. The Labute approximate surface area is 209 Å². The molecular weight excluding hydrogens is 626 g/mol. The fourth-order valence-corrected chi connectivity index (χ4v) is 3.14. The van der Waals surface area contributed by atoms with E-state index in [1.165, 1.54) is 0 Å². The summed E-state index contributed by atoms with van der Waals surface area (Å²) >= 11 is 0. The van der Waals surface area contributed by atoms with Crippen molar-refractivity contribution < 1.29 is 34.2 Å². The first-order valence-corrected chi connectivity index (χ1v) is 10.2. The van der Waals surface area contributed by atoms with Gasteiger partial charge in [-0.3, -0.25) is 20.2 Å². The molecule has 0 saturated heterocycles. The number of hydrogen-bond donors (Lipinski definition) is 0. The second kappa shape index (κ2) is 9.06. The van der Waals surface area contributed by atoms with Crippen LogP contribution in [0.2, 0.25) is 0 Å². The van der Waals surface area contributed by atoms with Crippen molar-refractivity contribution in [1.29, 1.82) is 0 Å². The molecule has 180 valence electrons. The Morgan fingerprint density at radius 2 is 1.50 bits per heavy atom. The predicted octanol–water partition coefficient (Wildman–Crippen LogP) is 4.52. The third-order valence-corrected chi connectivity index (χ3v) is 5.15. The normalized spacial score (nSPS) is 12.5. The SMILES string of the molecule is CC(C)(C)c1n[n-]c(-c2cccc(C(C)(C)c3cccc(-n4[c-]cc(C(F)(F)F)n4)n3)n2)n1.[Pt+2]. The molecule has 0 saturated carbocycles. The van der Waals surface area contributed by atoms with Crippen LogP contribution in [-0.4, -0.2) is 29.8 Å². The number of halogens is 3. The smallest absolute Gasteiger partial charge is 0.420 e. The summed E-state index contributed by atoms with van der Waals surface area (Å²) in [4.78, 5) is 13.8. The molecule has 4 rings (SSSR count). The maximum Gasteiger partial charge on any atom is 2.00 e. The van der Waals surface area contributed by atoms with Gasteiger partial charge in [-0.2, -0.15) is 13.2 Å². The zero-order valence-corrected chi connectivity index (χ0v) is 21.4. The Morgan fingerprint density at radius 1 is 0.853 bits per heavy atom. The monoisotopic (exact) mass is 648 g/mol. The summed E-state index contributed by atoms with van der Waals surface area (Å²) in [6.45, 7) is 9.89. The van der Waals surface area contributed by atoms with Crippen molar-refractivity contribution in [2.45, 2.75) is 51.6 Å². The molecule has 0 aromatic carbocycles. The van der Waals surface area contributed by atoms with E-state index in [1.807, 2.05) is 52.8 Å². The number of nitrogens with zero attached hydrogens (tertiary/aromatic N) is 7. The third-order valence-electron chi connectivity index (χ3n) is 5.15. The van der Waals surface area contributed by atoms with Crippen LogP contribution in [0, 0.1) is 6.20 Å². The molecule has 0 aliphatic heterocycles. The number of aromatic nitrogens is 7. The van der Waals surface area contributed by atoms with E-state index in [0.717, 1.165) is 10.7 Å². The van der Waals surface area contributed by atoms with Gasteiger partial charge in [0.15, 0.2) is 0 Å². The first-order chi connectivity index (χ1) is 15.4. The zero-order chi connectivity index (χ0) is 24.0. The Kier molecular flexibility index (Phi) is 6.86. The van der Waals surface area contributed by atoms with E-state index in [2.05, 4.69) is 31.5 Å². The first-order valence-electron chi connectivity index (χ1n) is 10.2. The Balaban J connectivity index is 0.00000324. The molecule has 0 N–H and O–H groups in total. The molecule has 0 atom stereocenters. The van der Waals surface area contributed by atoms with Gasteiger partial charge in [-0.05, 0) is 37.9 Å². The fraction of sp³-hybridized carbons (Fsp3) is 0.348. The molecule has 34 heavy (non-hydrogen) atoms. The van der Waals surface area contributed by atoms with Crippen LogP contribution in [0.15, 0.2) is 42.5 Å². The maximum atomic E-state index is 12.9. The van der Waals surface area contributed by atoms with Crippen LogP contribution in [0.25, 0.3) is 17.3 Å². The van der Waals surface area contributed by atoms with Gasteiger partial charge in [0.25, 0.3) is 0 Å². The minimum Gasteiger partial charge on any atom is -0.420 e. The average Bonchev–Trinajstić information content (AvgIpc) is 3.44. The van der Waals surface area contributed by atoms with Gasteiger partial charge in [0, 0.05) is 22.3 Å². The molecule has 0 fully saturated rings. The molecular formula is C23H22F3N7Pt. The van der Waals surface area contributed by atoms with E-state index in [0.29, 0.717) is 28.7 Å². The van der Waals surface area contributed by atoms with Crippen molar-refractivity contribution in [2.24, 2.45) is 0 Å². The topological polar surface area (TPSA) is 83.5 Å². The summed E-state index contributed by atoms with van der Waals surface area (Å²) in [5.74, 6) is 1.29. The van der Waals surface area contributed by atoms with E-state index in [1.54, 1.807) is 18.2 Å². The minimum atomic E-state index is -4.55. The first kappa shape index (κ1) is 25.7. The van der Waals surface area contributed by atoms with Crippen LogP contribution in [-0.2, 0) is 38.1 Å². The van der Waals surface area contributed by atoms with Crippen molar-refractivity contribution in [3.8, 4) is 17.3 Å². The van der Waals surface area contributed by atoms with Crippen molar-refractivity contribution >= 4 is 0 Å². The van der Waals surface area contributed by atoms with Crippen molar-refractivity contribution in [3.63, 3.8) is 0 Å². The zero-order valence-electron chi connectivity index (χ0n) is 19.1. The molecule has 0 bridgehead atoms. The predicted molar refractivity (Wildman–Crippen MR) is 115 cm³/mol. The summed E-state index contributed by atoms with van der Waals surface area (Å²) < 4.78 is 39.7. The Morgan fingerprint density at radius 3 is 2.09 bits per heavy atom. The number of pyridine rings is 2. The molecule has 11 heteroatoms. The van der Waals surface area contributed by atoms with Crippen molar-refractivity contribution in [1.82, 2.24) is 34.9 Å². The molecule has 0 radical (unpaired) electrons. The van der Waals surface area contributed by atoms with Crippen molar-refractivity contribution in [3.05, 3.63) is 71.6 Å². The average molecular weight is 649 g/mol. The molecule has 4 aromatic heterocycles. The minimum absolute atomic E-state index is 0. The maximum absolute atomic E-state index is 12.9. The van der Waals surface area contributed by atoms with E-state index < -0.39 is 17.3 Å². The van der Waals surface area contributed by atoms with Gasteiger partial charge in [-0.1, -0.05) is 45.2 Å². The number of hydrogen-bond acceptors (Lipinski definition) is 5. The standard InChI is InChI=1S/C23H22F3N7.Pt/c1-21(2,3)20-29-19(30-31-20)14-8-6-9-15(27-14)22(4,5)16-10-7-11-18(28-16)33-13-12-17(32-33)23(24,25)26;/h6-12H,1-5H3;/q-2;+2. The van der Waals surface area contributed by atoms with E-state index in [-0.39, 0.29) is 32.3 Å². The summed E-state index contributed by atoms with van der Waals surface area (Å²) in [6, 6.07) is 11.4. The van der Waals surface area contributed by atoms with E-state index >= 15 is 0 Å². The van der Waals surface area contributed by atoms with Crippen LogP contribution < -0.4 is 5.10 Å². The van der Waals surface area contributed by atoms with Gasteiger partial charge in [0.1, 0.15) is 0 Å². The van der Waals surface area contributed by atoms with Crippen LogP contribution in [0.4, 0.5) is 13.2 Å². The second-order valence-corrected chi connectivity index (χ2v) is 9.19. The van der Waals surface area contributed by atoms with Gasteiger partial charge >= 0.3 is 27.2 Å². The quantitative estimate of drug-likeness (QED) is 0.303.